The second kappa shape index (κ2) is 7.11. The first-order valence-electron chi connectivity index (χ1n) is 6.86. The highest BCUT2D eigenvalue weighted by atomic mass is 32.1. The number of anilines is 1. The molecule has 0 saturated heterocycles. The molecule has 0 aliphatic carbocycles. The first kappa shape index (κ1) is 14.6. The Balaban J connectivity index is 1.63. The number of rotatable bonds is 7. The van der Waals surface area contributed by atoms with Gasteiger partial charge in [0.1, 0.15) is 30.5 Å². The van der Waals surface area contributed by atoms with E-state index >= 15 is 0 Å². The molecule has 0 spiro atoms. The summed E-state index contributed by atoms with van der Waals surface area (Å²) in [5.74, 6) is 2.09. The molecule has 0 bridgehead atoms. The molecule has 0 unspecified atom stereocenters. The summed E-state index contributed by atoms with van der Waals surface area (Å²) in [6.07, 6.45) is 0. The molecule has 3 rings (SSSR count). The van der Waals surface area contributed by atoms with E-state index in [9.17, 15) is 0 Å². The Bertz CT molecular complexity index is 710. The van der Waals surface area contributed by atoms with Crippen molar-refractivity contribution in [1.82, 2.24) is 4.98 Å². The number of nitrogens with one attached hydrogen (secondary N) is 1. The largest absolute Gasteiger partial charge is 0.485 e. The molecule has 0 atom stereocenters. The van der Waals surface area contributed by atoms with E-state index in [-0.39, 0.29) is 6.61 Å². The molecule has 2 heterocycles. The van der Waals surface area contributed by atoms with E-state index < -0.39 is 0 Å². The van der Waals surface area contributed by atoms with Crippen LogP contribution in [0.15, 0.2) is 51.7 Å². The fourth-order valence-corrected chi connectivity index (χ4v) is 2.53. The highest BCUT2D eigenvalue weighted by Crippen LogP contribution is 2.25. The zero-order chi connectivity index (χ0) is 15.2. The van der Waals surface area contributed by atoms with Crippen molar-refractivity contribution in [1.29, 1.82) is 0 Å². The molecule has 0 saturated carbocycles. The van der Waals surface area contributed by atoms with Crippen LogP contribution < -0.4 is 10.1 Å². The van der Waals surface area contributed by atoms with Crippen molar-refractivity contribution in [2.45, 2.75) is 19.8 Å². The summed E-state index contributed by atoms with van der Waals surface area (Å²) in [6, 6.07) is 11.3. The summed E-state index contributed by atoms with van der Waals surface area (Å²) >= 11 is 1.55. The summed E-state index contributed by atoms with van der Waals surface area (Å²) in [4.78, 5) is 4.20. The molecule has 2 N–H and O–H groups in total. The monoisotopic (exact) mass is 316 g/mol. The molecule has 6 heteroatoms. The van der Waals surface area contributed by atoms with E-state index in [1.807, 2.05) is 35.7 Å². The molecule has 0 fully saturated rings. The molecule has 0 aliphatic rings. The first-order chi connectivity index (χ1) is 10.8. The second-order valence-electron chi connectivity index (χ2n) is 4.64. The maximum atomic E-state index is 9.00. The number of nitrogens with zero attached hydrogens (tertiary/aromatic N) is 1. The van der Waals surface area contributed by atoms with Crippen molar-refractivity contribution in [3.8, 4) is 5.75 Å². The lowest BCUT2D eigenvalue weighted by molar-refractivity contribution is 0.244. The van der Waals surface area contributed by atoms with Gasteiger partial charge in [-0.1, -0.05) is 12.1 Å². The van der Waals surface area contributed by atoms with Crippen molar-refractivity contribution in [2.24, 2.45) is 0 Å². The molecule has 1 aromatic carbocycles. The van der Waals surface area contributed by atoms with E-state index in [0.29, 0.717) is 18.9 Å². The zero-order valence-electron chi connectivity index (χ0n) is 11.9. The Labute approximate surface area is 132 Å². The van der Waals surface area contributed by atoms with Crippen LogP contribution in [0.25, 0.3) is 0 Å². The number of furan rings is 1. The number of benzene rings is 1. The van der Waals surface area contributed by atoms with Gasteiger partial charge in [-0.05, 0) is 24.3 Å². The lowest BCUT2D eigenvalue weighted by Crippen LogP contribution is -2.02. The van der Waals surface area contributed by atoms with Crippen molar-refractivity contribution in [3.63, 3.8) is 0 Å². The van der Waals surface area contributed by atoms with E-state index in [1.165, 1.54) is 0 Å². The van der Waals surface area contributed by atoms with Gasteiger partial charge < -0.3 is 19.6 Å². The average molecular weight is 316 g/mol. The molecule has 22 heavy (non-hydrogen) atoms. The molecular weight excluding hydrogens is 300 g/mol. The normalized spacial score (nSPS) is 10.6. The van der Waals surface area contributed by atoms with E-state index in [2.05, 4.69) is 10.3 Å². The van der Waals surface area contributed by atoms with Gasteiger partial charge in [0.15, 0.2) is 0 Å². The number of aliphatic hydroxyl groups excluding tert-OH is 1. The van der Waals surface area contributed by atoms with Crippen molar-refractivity contribution in [2.75, 3.05) is 5.32 Å². The number of ether oxygens (including phenoxy) is 1. The minimum Gasteiger partial charge on any atom is -0.485 e. The molecule has 5 nitrogen and oxygen atoms in total. The fourth-order valence-electron chi connectivity index (χ4n) is 1.98. The van der Waals surface area contributed by atoms with Crippen molar-refractivity contribution >= 4 is 17.0 Å². The van der Waals surface area contributed by atoms with Crippen molar-refractivity contribution in [3.05, 3.63) is 64.5 Å². The Hall–Kier alpha value is -2.31. The summed E-state index contributed by atoms with van der Waals surface area (Å²) in [6.45, 7) is 0.877. The summed E-state index contributed by atoms with van der Waals surface area (Å²) < 4.78 is 11.3. The van der Waals surface area contributed by atoms with Gasteiger partial charge >= 0.3 is 0 Å². The Kier molecular flexibility index (Phi) is 4.72. The minimum absolute atomic E-state index is 0.0899. The number of aliphatic hydroxyl groups is 1. The molecule has 0 aliphatic heterocycles. The number of hydrogen-bond donors (Lipinski definition) is 2. The topological polar surface area (TPSA) is 67.5 Å². The average Bonchev–Trinajstić information content (AvgIpc) is 3.23. The van der Waals surface area contributed by atoms with Crippen LogP contribution >= 0.6 is 11.3 Å². The lowest BCUT2D eigenvalue weighted by Gasteiger charge is -2.11. The molecule has 3 aromatic rings. The quantitative estimate of drug-likeness (QED) is 0.699. The Morgan fingerprint density at radius 3 is 2.82 bits per heavy atom. The predicted octanol–water partition coefficient (Wildman–Crippen LogP) is 3.42. The van der Waals surface area contributed by atoms with Gasteiger partial charge in [0.05, 0.1) is 23.4 Å². The van der Waals surface area contributed by atoms with Gasteiger partial charge in [-0.3, -0.25) is 0 Å². The van der Waals surface area contributed by atoms with Crippen LogP contribution in [0.1, 0.15) is 17.2 Å². The molecule has 114 valence electrons. The molecular formula is C16H16N2O3S. The van der Waals surface area contributed by atoms with Crippen LogP contribution in [-0.4, -0.2) is 10.1 Å². The molecule has 2 aromatic heterocycles. The maximum Gasteiger partial charge on any atom is 0.142 e. The van der Waals surface area contributed by atoms with Crippen molar-refractivity contribution < 1.29 is 14.3 Å². The van der Waals surface area contributed by atoms with Crippen LogP contribution in [0.5, 0.6) is 5.75 Å². The zero-order valence-corrected chi connectivity index (χ0v) is 12.7. The summed E-state index contributed by atoms with van der Waals surface area (Å²) in [7, 11) is 0. The SMILES string of the molecule is OCc1ccc(CNc2ccccc2OCc2cscn2)o1. The van der Waals surface area contributed by atoms with Gasteiger partial charge in [0, 0.05) is 5.38 Å². The summed E-state index contributed by atoms with van der Waals surface area (Å²) in [5.41, 5.74) is 3.59. The van der Waals surface area contributed by atoms with E-state index in [4.69, 9.17) is 14.3 Å². The van der Waals surface area contributed by atoms with Gasteiger partial charge in [-0.25, -0.2) is 4.98 Å². The molecule has 0 radical (unpaired) electrons. The van der Waals surface area contributed by atoms with Gasteiger partial charge in [-0.15, -0.1) is 11.3 Å². The molecule has 0 amide bonds. The maximum absolute atomic E-state index is 9.00. The van der Waals surface area contributed by atoms with E-state index in [1.54, 1.807) is 22.9 Å². The fraction of sp³-hybridized carbons (Fsp3) is 0.188. The number of aromatic nitrogens is 1. The third-order valence-corrected chi connectivity index (χ3v) is 3.71. The minimum atomic E-state index is -0.0899. The van der Waals surface area contributed by atoms with Gasteiger partial charge in [0.2, 0.25) is 0 Å². The second-order valence-corrected chi connectivity index (χ2v) is 5.36. The number of para-hydroxylation sites is 2. The predicted molar refractivity (Wildman–Crippen MR) is 84.8 cm³/mol. The number of hydrogen-bond acceptors (Lipinski definition) is 6. The highest BCUT2D eigenvalue weighted by molar-refractivity contribution is 7.07. The highest BCUT2D eigenvalue weighted by Gasteiger charge is 2.06. The first-order valence-corrected chi connectivity index (χ1v) is 7.80. The lowest BCUT2D eigenvalue weighted by atomic mass is 10.3. The van der Waals surface area contributed by atoms with Crippen LogP contribution in [0.3, 0.4) is 0 Å². The van der Waals surface area contributed by atoms with Gasteiger partial charge in [-0.2, -0.15) is 0 Å². The van der Waals surface area contributed by atoms with Crippen LogP contribution in [0.2, 0.25) is 0 Å². The summed E-state index contributed by atoms with van der Waals surface area (Å²) in [5, 5.41) is 14.2. The third-order valence-electron chi connectivity index (χ3n) is 3.07. The van der Waals surface area contributed by atoms with Crippen LogP contribution in [-0.2, 0) is 19.8 Å². The van der Waals surface area contributed by atoms with Gasteiger partial charge in [0.25, 0.3) is 0 Å². The standard InChI is InChI=1S/C16H16N2O3S/c19-8-14-6-5-13(21-14)7-17-15-3-1-2-4-16(15)20-9-12-10-22-11-18-12/h1-6,10-11,17,19H,7-9H2. The number of thiazole rings is 1. The van der Waals surface area contributed by atoms with E-state index in [0.717, 1.165) is 22.9 Å². The smallest absolute Gasteiger partial charge is 0.142 e. The van der Waals surface area contributed by atoms with Crippen LogP contribution in [0.4, 0.5) is 5.69 Å². The Morgan fingerprint density at radius 1 is 1.18 bits per heavy atom. The third kappa shape index (κ3) is 3.66. The Morgan fingerprint density at radius 2 is 2.05 bits per heavy atom. The van der Waals surface area contributed by atoms with Crippen LogP contribution in [0, 0.1) is 0 Å².